The highest BCUT2D eigenvalue weighted by atomic mass is 16.5. The Kier molecular flexibility index (Phi) is 6.31. The highest BCUT2D eigenvalue weighted by Gasteiger charge is 2.29. The second-order valence-corrected chi connectivity index (χ2v) is 7.92. The zero-order valence-electron chi connectivity index (χ0n) is 19.3. The fraction of sp³-hybridized carbons (Fsp3) is 0.269. The van der Waals surface area contributed by atoms with E-state index in [1.165, 1.54) is 4.90 Å². The molecule has 170 valence electrons. The number of rotatable bonds is 6. The number of amides is 2. The second-order valence-electron chi connectivity index (χ2n) is 7.92. The number of carbonyl (C=O) groups is 2. The maximum absolute atomic E-state index is 13.5. The Bertz CT molecular complexity index is 1270. The summed E-state index contributed by atoms with van der Waals surface area (Å²) >= 11 is 0. The molecule has 4 rings (SSSR count). The maximum Gasteiger partial charge on any atom is 0.255 e. The van der Waals surface area contributed by atoms with Crippen molar-refractivity contribution in [3.8, 4) is 11.5 Å². The van der Waals surface area contributed by atoms with Gasteiger partial charge in [-0.1, -0.05) is 30.3 Å². The number of hydrogen-bond acceptors (Lipinski definition) is 5. The van der Waals surface area contributed by atoms with E-state index in [4.69, 9.17) is 14.5 Å². The molecule has 7 heteroatoms. The predicted octanol–water partition coefficient (Wildman–Crippen LogP) is 3.56. The molecule has 0 radical (unpaired) electrons. The van der Waals surface area contributed by atoms with Crippen molar-refractivity contribution < 1.29 is 19.1 Å². The summed E-state index contributed by atoms with van der Waals surface area (Å²) in [6.07, 6.45) is 3.50. The Morgan fingerprint density at radius 2 is 1.88 bits per heavy atom. The number of hydrogen-bond donors (Lipinski definition) is 1. The van der Waals surface area contributed by atoms with Crippen molar-refractivity contribution >= 4 is 34.4 Å². The minimum atomic E-state index is -0.216. The third-order valence-corrected chi connectivity index (χ3v) is 5.93. The molecule has 1 aliphatic carbocycles. The lowest BCUT2D eigenvalue weighted by Crippen LogP contribution is -2.37. The van der Waals surface area contributed by atoms with Crippen molar-refractivity contribution in [3.63, 3.8) is 0 Å². The standard InChI is InChI=1S/C26H27N3O4/c1-27-22(30)15-29(2)26(31)23-18-9-5-6-10-20(18)28-24-16(12-13-19(23)24)14-17-8-7-11-21(32-3)25(17)33-4/h5-11,14H,12-13,15H2,1-4H3,(H,27,30)/b16-14+. The van der Waals surface area contributed by atoms with Gasteiger partial charge in [-0.3, -0.25) is 9.59 Å². The second kappa shape index (κ2) is 9.32. The first kappa shape index (κ1) is 22.3. The molecule has 2 amide bonds. The first-order valence-electron chi connectivity index (χ1n) is 10.8. The number of aromatic nitrogens is 1. The van der Waals surface area contributed by atoms with Gasteiger partial charge in [-0.2, -0.15) is 0 Å². The quantitative estimate of drug-likeness (QED) is 0.628. The van der Waals surface area contributed by atoms with Crippen molar-refractivity contribution in [1.82, 2.24) is 15.2 Å². The first-order chi connectivity index (χ1) is 16.0. The number of fused-ring (bicyclic) bond motifs is 2. The number of nitrogens with zero attached hydrogens (tertiary/aromatic N) is 2. The fourth-order valence-corrected chi connectivity index (χ4v) is 4.29. The molecule has 3 aromatic rings. The normalized spacial score (nSPS) is 13.6. The van der Waals surface area contributed by atoms with Crippen LogP contribution in [0.15, 0.2) is 42.5 Å². The molecule has 1 aromatic heterocycles. The molecule has 2 aromatic carbocycles. The average molecular weight is 446 g/mol. The highest BCUT2D eigenvalue weighted by molar-refractivity contribution is 6.10. The van der Waals surface area contributed by atoms with Crippen LogP contribution in [0.4, 0.5) is 0 Å². The van der Waals surface area contributed by atoms with E-state index >= 15 is 0 Å². The van der Waals surface area contributed by atoms with Gasteiger partial charge in [0.15, 0.2) is 11.5 Å². The van der Waals surface area contributed by atoms with E-state index in [2.05, 4.69) is 11.4 Å². The number of benzene rings is 2. The topological polar surface area (TPSA) is 80.8 Å². The molecule has 0 aliphatic heterocycles. The fourth-order valence-electron chi connectivity index (χ4n) is 4.29. The van der Waals surface area contributed by atoms with Crippen molar-refractivity contribution in [1.29, 1.82) is 0 Å². The van der Waals surface area contributed by atoms with E-state index in [0.29, 0.717) is 23.5 Å². The molecule has 1 N–H and O–H groups in total. The van der Waals surface area contributed by atoms with Gasteiger partial charge in [0.2, 0.25) is 5.91 Å². The largest absolute Gasteiger partial charge is 0.493 e. The van der Waals surface area contributed by atoms with E-state index in [1.54, 1.807) is 28.3 Å². The van der Waals surface area contributed by atoms with Crippen LogP contribution in [-0.2, 0) is 11.2 Å². The van der Waals surface area contributed by atoms with E-state index in [9.17, 15) is 9.59 Å². The van der Waals surface area contributed by atoms with Crippen molar-refractivity contribution in [2.24, 2.45) is 0 Å². The van der Waals surface area contributed by atoms with Gasteiger partial charge in [-0.05, 0) is 42.2 Å². The third kappa shape index (κ3) is 4.14. The summed E-state index contributed by atoms with van der Waals surface area (Å²) < 4.78 is 11.0. The molecular weight excluding hydrogens is 418 g/mol. The molecular formula is C26H27N3O4. The molecule has 1 heterocycles. The smallest absolute Gasteiger partial charge is 0.255 e. The molecule has 33 heavy (non-hydrogen) atoms. The summed E-state index contributed by atoms with van der Waals surface area (Å²) in [7, 11) is 6.43. The number of para-hydroxylation sites is 2. The first-order valence-corrected chi connectivity index (χ1v) is 10.8. The number of likely N-dealkylation sites (N-methyl/N-ethyl adjacent to an activating group) is 2. The number of allylic oxidation sites excluding steroid dienone is 1. The minimum Gasteiger partial charge on any atom is -0.493 e. The van der Waals surface area contributed by atoms with Gasteiger partial charge < -0.3 is 19.7 Å². The predicted molar refractivity (Wildman–Crippen MR) is 129 cm³/mol. The van der Waals surface area contributed by atoms with Gasteiger partial charge in [0.25, 0.3) is 5.91 Å². The van der Waals surface area contributed by atoms with Crippen LogP contribution in [0, 0.1) is 0 Å². The molecule has 0 atom stereocenters. The SMILES string of the molecule is CNC(=O)CN(C)C(=O)c1c2c(nc3ccccc13)/C(=C/c1cccc(OC)c1OC)CC2. The Hall–Kier alpha value is -3.87. The molecule has 1 aliphatic rings. The summed E-state index contributed by atoms with van der Waals surface area (Å²) in [5.41, 5.74) is 5.01. The summed E-state index contributed by atoms with van der Waals surface area (Å²) in [6, 6.07) is 13.4. The van der Waals surface area contributed by atoms with Crippen LogP contribution in [0.3, 0.4) is 0 Å². The Balaban J connectivity index is 1.86. The lowest BCUT2D eigenvalue weighted by molar-refractivity contribution is -0.121. The molecule has 0 unspecified atom stereocenters. The Morgan fingerprint density at radius 3 is 2.61 bits per heavy atom. The Labute approximate surface area is 193 Å². The summed E-state index contributed by atoms with van der Waals surface area (Å²) in [5, 5.41) is 3.37. The van der Waals surface area contributed by atoms with Gasteiger partial charge >= 0.3 is 0 Å². The van der Waals surface area contributed by atoms with Gasteiger partial charge in [0.05, 0.1) is 37.5 Å². The van der Waals surface area contributed by atoms with Crippen molar-refractivity contribution in [2.45, 2.75) is 12.8 Å². The zero-order valence-corrected chi connectivity index (χ0v) is 19.3. The van der Waals surface area contributed by atoms with E-state index in [-0.39, 0.29) is 18.4 Å². The molecule has 0 saturated carbocycles. The van der Waals surface area contributed by atoms with Crippen LogP contribution in [0.5, 0.6) is 11.5 Å². The summed E-state index contributed by atoms with van der Waals surface area (Å²) in [4.78, 5) is 31.7. The van der Waals surface area contributed by atoms with Crippen LogP contribution in [0.1, 0.15) is 33.6 Å². The maximum atomic E-state index is 13.5. The van der Waals surface area contributed by atoms with E-state index in [1.807, 2.05) is 42.5 Å². The summed E-state index contributed by atoms with van der Waals surface area (Å²) in [6.45, 7) is -0.00946. The number of carbonyl (C=O) groups excluding carboxylic acids is 2. The molecule has 7 nitrogen and oxygen atoms in total. The highest BCUT2D eigenvalue weighted by Crippen LogP contribution is 2.40. The van der Waals surface area contributed by atoms with Crippen molar-refractivity contribution in [2.75, 3.05) is 34.9 Å². The van der Waals surface area contributed by atoms with E-state index in [0.717, 1.165) is 39.7 Å². The number of pyridine rings is 1. The lowest BCUT2D eigenvalue weighted by Gasteiger charge is -2.19. The summed E-state index contributed by atoms with van der Waals surface area (Å²) in [5.74, 6) is 0.909. The van der Waals surface area contributed by atoms with Crippen LogP contribution >= 0.6 is 0 Å². The third-order valence-electron chi connectivity index (χ3n) is 5.93. The van der Waals surface area contributed by atoms with Gasteiger partial charge in [-0.25, -0.2) is 4.98 Å². The van der Waals surface area contributed by atoms with Gasteiger partial charge in [-0.15, -0.1) is 0 Å². The van der Waals surface area contributed by atoms with Crippen LogP contribution < -0.4 is 14.8 Å². The molecule has 0 fully saturated rings. The minimum absolute atomic E-state index is 0.00946. The number of nitrogens with one attached hydrogen (secondary N) is 1. The van der Waals surface area contributed by atoms with E-state index < -0.39 is 0 Å². The van der Waals surface area contributed by atoms with Crippen LogP contribution in [0.25, 0.3) is 22.6 Å². The van der Waals surface area contributed by atoms with Gasteiger partial charge in [0, 0.05) is 25.0 Å². The molecule has 0 saturated heterocycles. The Morgan fingerprint density at radius 1 is 1.09 bits per heavy atom. The van der Waals surface area contributed by atoms with Crippen LogP contribution in [-0.4, -0.2) is 56.6 Å². The van der Waals surface area contributed by atoms with Gasteiger partial charge in [0.1, 0.15) is 0 Å². The number of ether oxygens (including phenoxy) is 2. The number of methoxy groups -OCH3 is 2. The van der Waals surface area contributed by atoms with Crippen molar-refractivity contribution in [3.05, 3.63) is 64.8 Å². The molecule has 0 bridgehead atoms. The monoisotopic (exact) mass is 445 g/mol. The average Bonchev–Trinajstić information content (AvgIpc) is 3.23. The lowest BCUT2D eigenvalue weighted by atomic mass is 9.99. The zero-order chi connectivity index (χ0) is 23.5. The molecule has 0 spiro atoms. The van der Waals surface area contributed by atoms with Crippen LogP contribution in [0.2, 0.25) is 0 Å².